The second-order valence-electron chi connectivity index (χ2n) is 6.60. The van der Waals surface area contributed by atoms with Gasteiger partial charge in [-0.2, -0.15) is 4.52 Å². The van der Waals surface area contributed by atoms with Gasteiger partial charge in [-0.05, 0) is 45.8 Å². The zero-order chi connectivity index (χ0) is 19.0. The second-order valence-corrected chi connectivity index (χ2v) is 7.61. The predicted molar refractivity (Wildman–Crippen MR) is 104 cm³/mol. The number of aryl methyl sites for hydroxylation is 1. The first-order valence-corrected chi connectivity index (χ1v) is 10.0. The lowest BCUT2D eigenvalue weighted by atomic mass is 10.0. The lowest BCUT2D eigenvalue weighted by Gasteiger charge is -2.29. The van der Waals surface area contributed by atoms with E-state index in [0.717, 1.165) is 42.1 Å². The van der Waals surface area contributed by atoms with Crippen LogP contribution >= 0.6 is 11.3 Å². The average molecular weight is 388 g/mol. The summed E-state index contributed by atoms with van der Waals surface area (Å²) >= 11 is 1.48. The van der Waals surface area contributed by atoms with Crippen LogP contribution in [0.5, 0.6) is 17.4 Å². The van der Waals surface area contributed by atoms with E-state index in [1.54, 1.807) is 7.11 Å². The fourth-order valence-electron chi connectivity index (χ4n) is 3.74. The zero-order valence-corrected chi connectivity index (χ0v) is 16.6. The zero-order valence-electron chi connectivity index (χ0n) is 15.8. The van der Waals surface area contributed by atoms with Gasteiger partial charge in [-0.3, -0.25) is 4.90 Å². The number of hydrogen-bond acceptors (Lipinski definition) is 7. The Kier molecular flexibility index (Phi) is 4.92. The number of thiazole rings is 1. The summed E-state index contributed by atoms with van der Waals surface area (Å²) in [4.78, 5) is 8.34. The van der Waals surface area contributed by atoms with Crippen LogP contribution in [0.4, 0.5) is 0 Å². The molecule has 1 saturated heterocycles. The molecule has 27 heavy (non-hydrogen) atoms. The van der Waals surface area contributed by atoms with Crippen molar-refractivity contribution in [1.82, 2.24) is 19.5 Å². The van der Waals surface area contributed by atoms with Gasteiger partial charge in [-0.1, -0.05) is 23.5 Å². The molecule has 1 aliphatic rings. The summed E-state index contributed by atoms with van der Waals surface area (Å²) in [5.74, 6) is 2.23. The molecule has 1 aliphatic heterocycles. The van der Waals surface area contributed by atoms with Gasteiger partial charge in [0.1, 0.15) is 5.82 Å². The third-order valence-electron chi connectivity index (χ3n) is 4.87. The number of para-hydroxylation sites is 1. The number of rotatable bonds is 6. The largest absolute Gasteiger partial charge is 0.493 e. The molecule has 7 nitrogen and oxygen atoms in total. The number of aromatic hydroxyl groups is 1. The third-order valence-corrected chi connectivity index (χ3v) is 5.94. The Bertz CT molecular complexity index is 946. The third kappa shape index (κ3) is 3.12. The van der Waals surface area contributed by atoms with Gasteiger partial charge in [0.2, 0.25) is 10.8 Å². The Labute approximate surface area is 162 Å². The van der Waals surface area contributed by atoms with Crippen LogP contribution in [-0.2, 0) is 0 Å². The minimum Gasteiger partial charge on any atom is -0.493 e. The number of hydrogen-bond donors (Lipinski definition) is 1. The molecule has 0 spiro atoms. The van der Waals surface area contributed by atoms with E-state index in [0.29, 0.717) is 23.1 Å². The number of aromatic nitrogens is 3. The Hall–Kier alpha value is -2.32. The lowest BCUT2D eigenvalue weighted by Crippen LogP contribution is -2.26. The van der Waals surface area contributed by atoms with E-state index in [4.69, 9.17) is 9.47 Å². The van der Waals surface area contributed by atoms with Crippen LogP contribution in [0.15, 0.2) is 18.2 Å². The summed E-state index contributed by atoms with van der Waals surface area (Å²) in [6.45, 7) is 6.27. The van der Waals surface area contributed by atoms with Crippen LogP contribution < -0.4 is 9.47 Å². The molecule has 2 aromatic heterocycles. The number of nitrogens with zero attached hydrogens (tertiary/aromatic N) is 4. The first-order chi connectivity index (χ1) is 13.1. The van der Waals surface area contributed by atoms with Crippen LogP contribution in [0.2, 0.25) is 0 Å². The smallest absolute Gasteiger partial charge is 0.230 e. The van der Waals surface area contributed by atoms with E-state index in [1.807, 2.05) is 26.0 Å². The van der Waals surface area contributed by atoms with E-state index >= 15 is 0 Å². The first kappa shape index (κ1) is 18.1. The van der Waals surface area contributed by atoms with Gasteiger partial charge >= 0.3 is 0 Å². The van der Waals surface area contributed by atoms with Crippen molar-refractivity contribution in [2.75, 3.05) is 26.8 Å². The summed E-state index contributed by atoms with van der Waals surface area (Å²) in [5.41, 5.74) is 0.995. The number of likely N-dealkylation sites (tertiary alicyclic amines) is 1. The molecular formula is C19H24N4O3S. The molecule has 144 valence electrons. The molecule has 1 unspecified atom stereocenters. The van der Waals surface area contributed by atoms with E-state index < -0.39 is 0 Å². The molecule has 3 aromatic rings. The SMILES string of the molecule is CCOc1c(OC)cccc1C(c1sc2nc(C)nn2c1O)N1CCCC1. The van der Waals surface area contributed by atoms with Gasteiger partial charge in [0.05, 0.1) is 24.6 Å². The van der Waals surface area contributed by atoms with Crippen molar-refractivity contribution in [2.45, 2.75) is 32.7 Å². The summed E-state index contributed by atoms with van der Waals surface area (Å²) in [7, 11) is 1.65. The summed E-state index contributed by atoms with van der Waals surface area (Å²) < 4.78 is 13.0. The topological polar surface area (TPSA) is 72.1 Å². The molecule has 1 fully saturated rings. The Morgan fingerprint density at radius 2 is 2.07 bits per heavy atom. The number of fused-ring (bicyclic) bond motifs is 1. The molecule has 4 rings (SSSR count). The highest BCUT2D eigenvalue weighted by molar-refractivity contribution is 7.17. The highest BCUT2D eigenvalue weighted by Gasteiger charge is 2.33. The van der Waals surface area contributed by atoms with Gasteiger partial charge in [0.15, 0.2) is 11.5 Å². The molecule has 0 radical (unpaired) electrons. The summed E-state index contributed by atoms with van der Waals surface area (Å²) in [6, 6.07) is 5.80. The van der Waals surface area contributed by atoms with Crippen LogP contribution in [0.3, 0.4) is 0 Å². The number of benzene rings is 1. The van der Waals surface area contributed by atoms with Gasteiger partial charge in [-0.15, -0.1) is 5.10 Å². The molecule has 0 bridgehead atoms. The van der Waals surface area contributed by atoms with Crippen molar-refractivity contribution in [1.29, 1.82) is 0 Å². The molecule has 0 amide bonds. The first-order valence-electron chi connectivity index (χ1n) is 9.22. The fraction of sp³-hybridized carbons (Fsp3) is 0.474. The fourth-order valence-corrected chi connectivity index (χ4v) is 4.89. The second kappa shape index (κ2) is 7.36. The molecule has 1 N–H and O–H groups in total. The van der Waals surface area contributed by atoms with Crippen molar-refractivity contribution in [2.24, 2.45) is 0 Å². The minimum absolute atomic E-state index is 0.127. The van der Waals surface area contributed by atoms with Crippen LogP contribution in [0, 0.1) is 6.92 Å². The minimum atomic E-state index is -0.127. The highest BCUT2D eigenvalue weighted by Crippen LogP contribution is 2.46. The normalized spacial score (nSPS) is 16.1. The van der Waals surface area contributed by atoms with Crippen molar-refractivity contribution in [3.63, 3.8) is 0 Å². The molecule has 0 saturated carbocycles. The Morgan fingerprint density at radius 1 is 1.30 bits per heavy atom. The van der Waals surface area contributed by atoms with Gasteiger partial charge < -0.3 is 14.6 Å². The quantitative estimate of drug-likeness (QED) is 0.698. The van der Waals surface area contributed by atoms with Gasteiger partial charge in [0.25, 0.3) is 0 Å². The Balaban J connectivity index is 1.89. The van der Waals surface area contributed by atoms with Crippen molar-refractivity contribution in [3.05, 3.63) is 34.5 Å². The van der Waals surface area contributed by atoms with Gasteiger partial charge in [-0.25, -0.2) is 4.98 Å². The monoisotopic (exact) mass is 388 g/mol. The average Bonchev–Trinajstić information content (AvgIpc) is 3.37. The molecule has 8 heteroatoms. The molecule has 3 heterocycles. The van der Waals surface area contributed by atoms with Crippen LogP contribution in [0.1, 0.15) is 42.1 Å². The van der Waals surface area contributed by atoms with E-state index in [-0.39, 0.29) is 11.9 Å². The number of ether oxygens (including phenoxy) is 2. The predicted octanol–water partition coefficient (Wildman–Crippen LogP) is 3.40. The van der Waals surface area contributed by atoms with Crippen LogP contribution in [-0.4, -0.2) is 51.4 Å². The standard InChI is InChI=1S/C19H24N4O3S/c1-4-26-16-13(8-7-9-14(16)25-3)15(22-10-5-6-11-22)17-18(24)23-19(27-17)20-12(2)21-23/h7-9,15,24H,4-6,10-11H2,1-3H3. The van der Waals surface area contributed by atoms with E-state index in [1.165, 1.54) is 15.9 Å². The highest BCUT2D eigenvalue weighted by atomic mass is 32.1. The maximum Gasteiger partial charge on any atom is 0.230 e. The van der Waals surface area contributed by atoms with Crippen LogP contribution in [0.25, 0.3) is 4.96 Å². The maximum atomic E-state index is 10.9. The molecule has 1 atom stereocenters. The summed E-state index contributed by atoms with van der Waals surface area (Å²) in [6.07, 6.45) is 2.29. The Morgan fingerprint density at radius 3 is 2.74 bits per heavy atom. The van der Waals surface area contributed by atoms with E-state index in [2.05, 4.69) is 21.0 Å². The van der Waals surface area contributed by atoms with E-state index in [9.17, 15) is 5.11 Å². The number of methoxy groups -OCH3 is 1. The maximum absolute atomic E-state index is 10.9. The lowest BCUT2D eigenvalue weighted by molar-refractivity contribution is 0.258. The molecular weight excluding hydrogens is 364 g/mol. The van der Waals surface area contributed by atoms with Crippen molar-refractivity contribution < 1.29 is 14.6 Å². The summed E-state index contributed by atoms with van der Waals surface area (Å²) in [5, 5.41) is 15.2. The van der Waals surface area contributed by atoms with Gasteiger partial charge in [0, 0.05) is 5.56 Å². The van der Waals surface area contributed by atoms with Crippen molar-refractivity contribution in [3.8, 4) is 17.4 Å². The van der Waals surface area contributed by atoms with Crippen molar-refractivity contribution >= 4 is 16.3 Å². The molecule has 1 aromatic carbocycles. The molecule has 0 aliphatic carbocycles.